The van der Waals surface area contributed by atoms with E-state index >= 15 is 0 Å². The molecule has 2 nitrogen and oxygen atoms in total. The van der Waals surface area contributed by atoms with Crippen LogP contribution in [0.15, 0.2) is 18.2 Å². The molecule has 0 N–H and O–H groups in total. The van der Waals surface area contributed by atoms with E-state index in [1.165, 1.54) is 0 Å². The molecule has 0 spiro atoms. The smallest absolute Gasteiger partial charge is 0.0848 e. The molecule has 0 aliphatic rings. The lowest BCUT2D eigenvalue weighted by molar-refractivity contribution is 0.827. The van der Waals surface area contributed by atoms with Gasteiger partial charge in [0.1, 0.15) is 0 Å². The second kappa shape index (κ2) is 4.11. The van der Waals surface area contributed by atoms with Gasteiger partial charge in [-0.05, 0) is 38.5 Å². The maximum Gasteiger partial charge on any atom is 0.0848 e. The van der Waals surface area contributed by atoms with Crippen LogP contribution in [0.5, 0.6) is 0 Å². The Morgan fingerprint density at radius 1 is 1.12 bits per heavy atom. The van der Waals surface area contributed by atoms with Crippen LogP contribution in [0.3, 0.4) is 0 Å². The molecular formula is C12H12Cl2N2. The van der Waals surface area contributed by atoms with Crippen LogP contribution in [-0.2, 0) is 0 Å². The molecule has 0 saturated heterocycles. The molecule has 4 heteroatoms. The largest absolute Gasteiger partial charge is 0.236 e. The van der Waals surface area contributed by atoms with Crippen LogP contribution in [0.2, 0.25) is 10.0 Å². The Hall–Kier alpha value is -0.990. The molecule has 0 radical (unpaired) electrons. The van der Waals surface area contributed by atoms with Gasteiger partial charge in [-0.3, -0.25) is 0 Å². The molecule has 0 unspecified atom stereocenters. The Labute approximate surface area is 105 Å². The number of halogens is 2. The van der Waals surface area contributed by atoms with Gasteiger partial charge in [-0.25, -0.2) is 4.68 Å². The molecule has 1 heterocycles. The highest BCUT2D eigenvalue weighted by Gasteiger charge is 2.12. The van der Waals surface area contributed by atoms with Crippen molar-refractivity contribution < 1.29 is 0 Å². The summed E-state index contributed by atoms with van der Waals surface area (Å²) in [5.41, 5.74) is 3.86. The fourth-order valence-corrected chi connectivity index (χ4v) is 1.95. The van der Waals surface area contributed by atoms with Gasteiger partial charge in [0.05, 0.1) is 22.1 Å². The molecular weight excluding hydrogens is 243 g/mol. The van der Waals surface area contributed by atoms with Crippen molar-refractivity contribution in [3.05, 3.63) is 45.2 Å². The summed E-state index contributed by atoms with van der Waals surface area (Å²) in [4.78, 5) is 0. The van der Waals surface area contributed by atoms with Crippen LogP contribution in [0, 0.1) is 20.8 Å². The third kappa shape index (κ3) is 1.83. The van der Waals surface area contributed by atoms with Crippen LogP contribution >= 0.6 is 23.2 Å². The Morgan fingerprint density at radius 2 is 1.81 bits per heavy atom. The first-order valence-electron chi connectivity index (χ1n) is 4.99. The van der Waals surface area contributed by atoms with E-state index in [1.54, 1.807) is 0 Å². The van der Waals surface area contributed by atoms with E-state index in [-0.39, 0.29) is 0 Å². The van der Waals surface area contributed by atoms with Gasteiger partial charge in [0.2, 0.25) is 0 Å². The zero-order valence-electron chi connectivity index (χ0n) is 9.38. The zero-order chi connectivity index (χ0) is 11.9. The molecule has 1 aromatic carbocycles. The lowest BCUT2D eigenvalue weighted by Gasteiger charge is -2.08. The van der Waals surface area contributed by atoms with Crippen LogP contribution in [0.25, 0.3) is 5.69 Å². The third-order valence-electron chi connectivity index (χ3n) is 2.60. The first-order chi connectivity index (χ1) is 7.50. The van der Waals surface area contributed by atoms with Crippen molar-refractivity contribution >= 4 is 23.2 Å². The van der Waals surface area contributed by atoms with E-state index in [0.717, 1.165) is 22.6 Å². The van der Waals surface area contributed by atoms with Crippen LogP contribution < -0.4 is 0 Å². The summed E-state index contributed by atoms with van der Waals surface area (Å²) in [5.74, 6) is 0. The van der Waals surface area contributed by atoms with Crippen molar-refractivity contribution in [2.45, 2.75) is 20.8 Å². The number of nitrogens with zero attached hydrogens (tertiary/aromatic N) is 2. The normalized spacial score (nSPS) is 10.8. The van der Waals surface area contributed by atoms with Crippen molar-refractivity contribution in [1.82, 2.24) is 9.78 Å². The molecule has 0 aliphatic carbocycles. The summed E-state index contributed by atoms with van der Waals surface area (Å²) in [7, 11) is 0. The van der Waals surface area contributed by atoms with Crippen molar-refractivity contribution in [3.63, 3.8) is 0 Å². The van der Waals surface area contributed by atoms with Gasteiger partial charge in [0.25, 0.3) is 0 Å². The van der Waals surface area contributed by atoms with Crippen molar-refractivity contribution in [1.29, 1.82) is 0 Å². The molecule has 0 amide bonds. The summed E-state index contributed by atoms with van der Waals surface area (Å²) >= 11 is 12.1. The summed E-state index contributed by atoms with van der Waals surface area (Å²) in [6.07, 6.45) is 0. The van der Waals surface area contributed by atoms with E-state index in [9.17, 15) is 0 Å². The van der Waals surface area contributed by atoms with Crippen LogP contribution in [-0.4, -0.2) is 9.78 Å². The summed E-state index contributed by atoms with van der Waals surface area (Å²) in [6, 6.07) is 5.74. The highest BCUT2D eigenvalue weighted by molar-refractivity contribution is 6.32. The van der Waals surface area contributed by atoms with Gasteiger partial charge in [-0.2, -0.15) is 5.10 Å². The predicted molar refractivity (Wildman–Crippen MR) is 67.8 cm³/mol. The number of benzene rings is 1. The molecule has 16 heavy (non-hydrogen) atoms. The molecule has 1 aromatic heterocycles. The van der Waals surface area contributed by atoms with E-state index < -0.39 is 0 Å². The summed E-state index contributed by atoms with van der Waals surface area (Å²) < 4.78 is 1.83. The molecule has 0 fully saturated rings. The standard InChI is InChI=1S/C12H12Cl2N2/c1-7-4-5-10(13)6-11(7)16-9(3)12(14)8(2)15-16/h4-6H,1-3H3. The number of rotatable bonds is 1. The Balaban J connectivity index is 2.67. The molecule has 2 aromatic rings. The van der Waals surface area contributed by atoms with E-state index in [0.29, 0.717) is 10.0 Å². The lowest BCUT2D eigenvalue weighted by atomic mass is 10.2. The monoisotopic (exact) mass is 254 g/mol. The highest BCUT2D eigenvalue weighted by Crippen LogP contribution is 2.25. The number of aromatic nitrogens is 2. The number of hydrogen-bond acceptors (Lipinski definition) is 1. The zero-order valence-corrected chi connectivity index (χ0v) is 10.9. The Kier molecular flexibility index (Phi) is 2.96. The Morgan fingerprint density at radius 3 is 2.38 bits per heavy atom. The summed E-state index contributed by atoms with van der Waals surface area (Å²) in [6.45, 7) is 5.87. The molecule has 84 valence electrons. The molecule has 0 saturated carbocycles. The number of hydrogen-bond donors (Lipinski definition) is 0. The van der Waals surface area contributed by atoms with E-state index in [1.807, 2.05) is 43.7 Å². The van der Waals surface area contributed by atoms with Gasteiger partial charge in [-0.15, -0.1) is 0 Å². The van der Waals surface area contributed by atoms with Gasteiger partial charge in [0.15, 0.2) is 0 Å². The van der Waals surface area contributed by atoms with Crippen molar-refractivity contribution in [2.24, 2.45) is 0 Å². The second-order valence-corrected chi connectivity index (χ2v) is 4.64. The quantitative estimate of drug-likeness (QED) is 0.749. The maximum atomic E-state index is 6.12. The van der Waals surface area contributed by atoms with Gasteiger partial charge >= 0.3 is 0 Å². The summed E-state index contributed by atoms with van der Waals surface area (Å²) in [5, 5.41) is 5.81. The lowest BCUT2D eigenvalue weighted by Crippen LogP contribution is -2.01. The fraction of sp³-hybridized carbons (Fsp3) is 0.250. The van der Waals surface area contributed by atoms with Crippen LogP contribution in [0.1, 0.15) is 17.0 Å². The minimum atomic E-state index is 0.698. The minimum Gasteiger partial charge on any atom is -0.236 e. The van der Waals surface area contributed by atoms with Crippen molar-refractivity contribution in [2.75, 3.05) is 0 Å². The average Bonchev–Trinajstić information content (AvgIpc) is 2.50. The Bertz CT molecular complexity index is 544. The maximum absolute atomic E-state index is 6.12. The highest BCUT2D eigenvalue weighted by atomic mass is 35.5. The molecule has 0 bridgehead atoms. The first kappa shape index (κ1) is 11.5. The molecule has 0 atom stereocenters. The minimum absolute atomic E-state index is 0.698. The van der Waals surface area contributed by atoms with Gasteiger partial charge < -0.3 is 0 Å². The van der Waals surface area contributed by atoms with Gasteiger partial charge in [0, 0.05) is 5.02 Å². The second-order valence-electron chi connectivity index (χ2n) is 3.83. The first-order valence-corrected chi connectivity index (χ1v) is 5.74. The van der Waals surface area contributed by atoms with Crippen molar-refractivity contribution in [3.8, 4) is 5.69 Å². The van der Waals surface area contributed by atoms with Crippen LogP contribution in [0.4, 0.5) is 0 Å². The SMILES string of the molecule is Cc1ccc(Cl)cc1-n1nc(C)c(Cl)c1C. The number of aryl methyl sites for hydroxylation is 2. The molecule has 0 aliphatic heterocycles. The molecule has 2 rings (SSSR count). The van der Waals surface area contributed by atoms with E-state index in [2.05, 4.69) is 5.10 Å². The van der Waals surface area contributed by atoms with E-state index in [4.69, 9.17) is 23.2 Å². The fourth-order valence-electron chi connectivity index (χ4n) is 1.67. The average molecular weight is 255 g/mol. The van der Waals surface area contributed by atoms with Gasteiger partial charge in [-0.1, -0.05) is 29.3 Å². The third-order valence-corrected chi connectivity index (χ3v) is 3.38. The topological polar surface area (TPSA) is 17.8 Å². The predicted octanol–water partition coefficient (Wildman–Crippen LogP) is 4.10.